The molecule has 1 aromatic carbocycles. The average Bonchev–Trinajstić information content (AvgIpc) is 2.83. The van der Waals surface area contributed by atoms with Crippen molar-refractivity contribution in [1.82, 2.24) is 5.32 Å². The Labute approximate surface area is 129 Å². The van der Waals surface area contributed by atoms with Crippen molar-refractivity contribution in [2.45, 2.75) is 45.3 Å². The van der Waals surface area contributed by atoms with E-state index < -0.39 is 0 Å². The van der Waals surface area contributed by atoms with Crippen molar-refractivity contribution in [3.05, 3.63) is 34.1 Å². The largest absolute Gasteiger partial charge is 0.378 e. The van der Waals surface area contributed by atoms with E-state index in [4.69, 9.17) is 4.74 Å². The minimum Gasteiger partial charge on any atom is -0.378 e. The first-order valence-corrected chi connectivity index (χ1v) is 8.18. The van der Waals surface area contributed by atoms with Crippen molar-refractivity contribution in [1.29, 1.82) is 0 Å². The monoisotopic (exact) mass is 343 g/mol. The smallest absolute Gasteiger partial charge is 0.127 e. The normalized spacial score (nSPS) is 24.0. The fourth-order valence-electron chi connectivity index (χ4n) is 2.79. The molecule has 1 heterocycles. The van der Waals surface area contributed by atoms with Crippen LogP contribution in [0, 0.1) is 11.7 Å². The molecule has 1 saturated heterocycles. The predicted molar refractivity (Wildman–Crippen MR) is 83.4 cm³/mol. The highest BCUT2D eigenvalue weighted by Crippen LogP contribution is 2.26. The number of rotatable bonds is 6. The second-order valence-corrected chi connectivity index (χ2v) is 6.56. The second kappa shape index (κ2) is 7.53. The number of hydrogen-bond acceptors (Lipinski definition) is 2. The molecule has 0 spiro atoms. The molecule has 0 saturated carbocycles. The van der Waals surface area contributed by atoms with Gasteiger partial charge in [-0.3, -0.25) is 0 Å². The van der Waals surface area contributed by atoms with Crippen molar-refractivity contribution in [3.8, 4) is 0 Å². The summed E-state index contributed by atoms with van der Waals surface area (Å²) >= 11 is 3.30. The maximum absolute atomic E-state index is 14.0. The van der Waals surface area contributed by atoms with Crippen LogP contribution in [0.4, 0.5) is 4.39 Å². The van der Waals surface area contributed by atoms with Crippen molar-refractivity contribution in [3.63, 3.8) is 0 Å². The molecule has 2 rings (SSSR count). The van der Waals surface area contributed by atoms with E-state index in [2.05, 4.69) is 35.1 Å². The Morgan fingerprint density at radius 1 is 1.50 bits per heavy atom. The summed E-state index contributed by atoms with van der Waals surface area (Å²) in [5.74, 6) is 0.342. The highest BCUT2D eigenvalue weighted by atomic mass is 79.9. The zero-order chi connectivity index (χ0) is 14.5. The number of benzene rings is 1. The Balaban J connectivity index is 2.06. The number of nitrogens with one attached hydrogen (secondary N) is 1. The summed E-state index contributed by atoms with van der Waals surface area (Å²) in [4.78, 5) is 0. The highest BCUT2D eigenvalue weighted by molar-refractivity contribution is 9.10. The maximum atomic E-state index is 14.0. The van der Waals surface area contributed by atoms with Gasteiger partial charge in [-0.1, -0.05) is 28.9 Å². The first-order chi connectivity index (χ1) is 9.60. The summed E-state index contributed by atoms with van der Waals surface area (Å²) in [5.41, 5.74) is 0.779. The SMILES string of the molecule is CCCNC(Cc1ccc(Br)cc1F)C1COC(C)C1. The summed E-state index contributed by atoms with van der Waals surface area (Å²) in [6.07, 6.45) is 3.18. The first-order valence-electron chi connectivity index (χ1n) is 7.39. The Morgan fingerprint density at radius 2 is 2.30 bits per heavy atom. The van der Waals surface area contributed by atoms with E-state index in [1.807, 2.05) is 12.1 Å². The van der Waals surface area contributed by atoms with Gasteiger partial charge in [0.15, 0.2) is 0 Å². The van der Waals surface area contributed by atoms with Crippen LogP contribution in [0.5, 0.6) is 0 Å². The van der Waals surface area contributed by atoms with Gasteiger partial charge in [0.05, 0.1) is 12.7 Å². The van der Waals surface area contributed by atoms with Crippen LogP contribution in [0.2, 0.25) is 0 Å². The van der Waals surface area contributed by atoms with Gasteiger partial charge in [-0.05, 0) is 50.4 Å². The molecule has 112 valence electrons. The summed E-state index contributed by atoms with van der Waals surface area (Å²) in [6, 6.07) is 5.61. The number of hydrogen-bond donors (Lipinski definition) is 1. The third-order valence-electron chi connectivity index (χ3n) is 3.91. The van der Waals surface area contributed by atoms with Gasteiger partial charge in [0.2, 0.25) is 0 Å². The summed E-state index contributed by atoms with van der Waals surface area (Å²) in [7, 11) is 0. The van der Waals surface area contributed by atoms with E-state index in [1.165, 1.54) is 0 Å². The lowest BCUT2D eigenvalue weighted by molar-refractivity contribution is 0.116. The van der Waals surface area contributed by atoms with Crippen molar-refractivity contribution < 1.29 is 9.13 Å². The summed E-state index contributed by atoms with van der Waals surface area (Å²) < 4.78 is 20.5. The molecule has 0 radical (unpaired) electrons. The number of ether oxygens (including phenoxy) is 1. The van der Waals surface area contributed by atoms with Gasteiger partial charge < -0.3 is 10.1 Å². The predicted octanol–water partition coefficient (Wildman–Crippen LogP) is 3.92. The van der Waals surface area contributed by atoms with E-state index in [-0.39, 0.29) is 11.9 Å². The lowest BCUT2D eigenvalue weighted by atomic mass is 9.91. The molecule has 1 aromatic rings. The molecule has 1 aliphatic heterocycles. The third-order valence-corrected chi connectivity index (χ3v) is 4.40. The van der Waals surface area contributed by atoms with Crippen LogP contribution in [-0.2, 0) is 11.2 Å². The molecule has 0 amide bonds. The minimum atomic E-state index is -0.130. The highest BCUT2D eigenvalue weighted by Gasteiger charge is 2.29. The third kappa shape index (κ3) is 4.27. The lowest BCUT2D eigenvalue weighted by Crippen LogP contribution is -2.39. The zero-order valence-electron chi connectivity index (χ0n) is 12.2. The van der Waals surface area contributed by atoms with Crippen LogP contribution in [-0.4, -0.2) is 25.3 Å². The van der Waals surface area contributed by atoms with E-state index in [0.717, 1.165) is 42.5 Å². The van der Waals surface area contributed by atoms with Crippen LogP contribution >= 0.6 is 15.9 Å². The molecular weight excluding hydrogens is 321 g/mol. The Bertz CT molecular complexity index is 440. The minimum absolute atomic E-state index is 0.130. The fourth-order valence-corrected chi connectivity index (χ4v) is 3.12. The van der Waals surface area contributed by atoms with E-state index in [9.17, 15) is 4.39 Å². The Morgan fingerprint density at radius 3 is 2.90 bits per heavy atom. The fraction of sp³-hybridized carbons (Fsp3) is 0.625. The van der Waals surface area contributed by atoms with Gasteiger partial charge in [0.25, 0.3) is 0 Å². The van der Waals surface area contributed by atoms with Crippen molar-refractivity contribution in [2.24, 2.45) is 5.92 Å². The van der Waals surface area contributed by atoms with Gasteiger partial charge in [-0.25, -0.2) is 4.39 Å². The van der Waals surface area contributed by atoms with Gasteiger partial charge in [-0.15, -0.1) is 0 Å². The first kappa shape index (κ1) is 15.9. The van der Waals surface area contributed by atoms with Crippen LogP contribution in [0.15, 0.2) is 22.7 Å². The molecule has 3 atom stereocenters. The summed E-state index contributed by atoms with van der Waals surface area (Å²) in [5, 5.41) is 3.56. The number of halogens is 2. The molecule has 1 aliphatic rings. The van der Waals surface area contributed by atoms with Crippen molar-refractivity contribution in [2.75, 3.05) is 13.2 Å². The average molecular weight is 344 g/mol. The molecule has 1 fully saturated rings. The molecular formula is C16H23BrFNO. The maximum Gasteiger partial charge on any atom is 0.127 e. The lowest BCUT2D eigenvalue weighted by Gasteiger charge is -2.24. The molecule has 3 unspecified atom stereocenters. The van der Waals surface area contributed by atoms with E-state index in [0.29, 0.717) is 12.0 Å². The molecule has 2 nitrogen and oxygen atoms in total. The molecule has 4 heteroatoms. The van der Waals surface area contributed by atoms with Gasteiger partial charge >= 0.3 is 0 Å². The molecule has 1 N–H and O–H groups in total. The molecule has 0 bridgehead atoms. The molecule has 0 aromatic heterocycles. The Kier molecular flexibility index (Phi) is 6.00. The van der Waals surface area contributed by atoms with Gasteiger partial charge in [0.1, 0.15) is 5.82 Å². The van der Waals surface area contributed by atoms with Gasteiger partial charge in [0, 0.05) is 16.4 Å². The quantitative estimate of drug-likeness (QED) is 0.845. The zero-order valence-corrected chi connectivity index (χ0v) is 13.7. The standard InChI is InChI=1S/C16H23BrFNO/c1-3-6-19-16(13-7-11(2)20-10-13)8-12-4-5-14(17)9-15(12)18/h4-5,9,11,13,16,19H,3,6-8,10H2,1-2H3. The van der Waals surface area contributed by atoms with E-state index >= 15 is 0 Å². The Hall–Kier alpha value is -0.450. The van der Waals surface area contributed by atoms with Crippen molar-refractivity contribution >= 4 is 15.9 Å². The van der Waals surface area contributed by atoms with Crippen LogP contribution in [0.3, 0.4) is 0 Å². The van der Waals surface area contributed by atoms with Crippen LogP contribution < -0.4 is 5.32 Å². The topological polar surface area (TPSA) is 21.3 Å². The van der Waals surface area contributed by atoms with Crippen LogP contribution in [0.25, 0.3) is 0 Å². The second-order valence-electron chi connectivity index (χ2n) is 5.64. The molecule has 0 aliphatic carbocycles. The van der Waals surface area contributed by atoms with Crippen LogP contribution in [0.1, 0.15) is 32.3 Å². The van der Waals surface area contributed by atoms with Gasteiger partial charge in [-0.2, -0.15) is 0 Å². The molecule has 20 heavy (non-hydrogen) atoms. The summed E-state index contributed by atoms with van der Waals surface area (Å²) in [6.45, 7) is 6.00. The van der Waals surface area contributed by atoms with E-state index in [1.54, 1.807) is 6.07 Å².